The van der Waals surface area contributed by atoms with Crippen LogP contribution in [-0.2, 0) is 11.3 Å². The van der Waals surface area contributed by atoms with Crippen molar-refractivity contribution in [1.82, 2.24) is 19.7 Å². The number of amides is 1. The second kappa shape index (κ2) is 8.22. The molecule has 1 N–H and O–H groups in total. The molecule has 140 valence electrons. The Balaban J connectivity index is 2.09. The Morgan fingerprint density at radius 3 is 2.48 bits per heavy atom. The van der Waals surface area contributed by atoms with E-state index >= 15 is 0 Å². The summed E-state index contributed by atoms with van der Waals surface area (Å²) in [4.78, 5) is 25.4. The smallest absolute Gasteiger partial charge is 0.351 e. The molecule has 0 bridgehead atoms. The van der Waals surface area contributed by atoms with Crippen molar-refractivity contribution < 1.29 is 4.79 Å². The van der Waals surface area contributed by atoms with Crippen molar-refractivity contribution in [3.63, 3.8) is 0 Å². The molecule has 0 aliphatic heterocycles. The highest BCUT2D eigenvalue weighted by Gasteiger charge is 2.20. The zero-order valence-corrected chi connectivity index (χ0v) is 16.0. The summed E-state index contributed by atoms with van der Waals surface area (Å²) < 4.78 is 2.61. The van der Waals surface area contributed by atoms with Crippen molar-refractivity contribution in [1.29, 1.82) is 0 Å². The van der Waals surface area contributed by atoms with E-state index in [0.29, 0.717) is 16.5 Å². The van der Waals surface area contributed by atoms with Gasteiger partial charge in [-0.3, -0.25) is 9.36 Å². The molecule has 7 heteroatoms. The molecule has 1 unspecified atom stereocenters. The molecule has 0 spiro atoms. The molecular formula is C20H21ClN4O2. The number of para-hydroxylation sites is 1. The summed E-state index contributed by atoms with van der Waals surface area (Å²) in [7, 11) is 0. The highest BCUT2D eigenvalue weighted by Crippen LogP contribution is 2.20. The summed E-state index contributed by atoms with van der Waals surface area (Å²) in [5, 5.41) is 7.76. The quantitative estimate of drug-likeness (QED) is 0.709. The summed E-state index contributed by atoms with van der Waals surface area (Å²) in [6.07, 6.45) is 0.811. The van der Waals surface area contributed by atoms with Crippen LogP contribution in [0.15, 0.2) is 59.4 Å². The number of benzene rings is 2. The lowest BCUT2D eigenvalue weighted by Crippen LogP contribution is -2.37. The van der Waals surface area contributed by atoms with Crippen LogP contribution in [0.3, 0.4) is 0 Å². The molecule has 1 atom stereocenters. The monoisotopic (exact) mass is 384 g/mol. The Hall–Kier alpha value is -2.86. The van der Waals surface area contributed by atoms with Crippen LogP contribution >= 0.6 is 11.6 Å². The SMILES string of the molecule is CCC(C)NC(=O)Cn1c(-c2ccccc2)nn(-c2ccccc2Cl)c1=O. The van der Waals surface area contributed by atoms with Crippen LogP contribution in [0.2, 0.25) is 5.02 Å². The van der Waals surface area contributed by atoms with E-state index in [4.69, 9.17) is 11.6 Å². The first-order valence-electron chi connectivity index (χ1n) is 8.80. The Bertz CT molecular complexity index is 995. The van der Waals surface area contributed by atoms with Gasteiger partial charge in [-0.25, -0.2) is 4.79 Å². The normalized spacial score (nSPS) is 12.0. The van der Waals surface area contributed by atoms with Crippen LogP contribution in [0, 0.1) is 0 Å². The minimum Gasteiger partial charge on any atom is -0.352 e. The van der Waals surface area contributed by atoms with Crippen LogP contribution in [0.1, 0.15) is 20.3 Å². The lowest BCUT2D eigenvalue weighted by atomic mass is 10.2. The first-order chi connectivity index (χ1) is 13.0. The van der Waals surface area contributed by atoms with Crippen molar-refractivity contribution in [3.05, 3.63) is 70.1 Å². The van der Waals surface area contributed by atoms with Crippen molar-refractivity contribution in [2.24, 2.45) is 0 Å². The number of nitrogens with zero attached hydrogens (tertiary/aromatic N) is 3. The van der Waals surface area contributed by atoms with Gasteiger partial charge in [-0.2, -0.15) is 4.68 Å². The second-order valence-electron chi connectivity index (χ2n) is 6.30. The summed E-state index contributed by atoms with van der Waals surface area (Å²) in [5.74, 6) is 0.183. The number of aromatic nitrogens is 3. The first-order valence-corrected chi connectivity index (χ1v) is 9.18. The molecule has 2 aromatic carbocycles. The lowest BCUT2D eigenvalue weighted by Gasteiger charge is -2.12. The fourth-order valence-electron chi connectivity index (χ4n) is 2.69. The predicted molar refractivity (Wildman–Crippen MR) is 106 cm³/mol. The van der Waals surface area contributed by atoms with Crippen LogP contribution in [-0.4, -0.2) is 26.3 Å². The molecule has 0 fully saturated rings. The van der Waals surface area contributed by atoms with Gasteiger partial charge < -0.3 is 5.32 Å². The molecule has 0 aliphatic carbocycles. The zero-order chi connectivity index (χ0) is 19.4. The summed E-state index contributed by atoms with van der Waals surface area (Å²) >= 11 is 6.24. The average Bonchev–Trinajstić information content (AvgIpc) is 2.99. The highest BCUT2D eigenvalue weighted by molar-refractivity contribution is 6.32. The Labute approximate surface area is 162 Å². The zero-order valence-electron chi connectivity index (χ0n) is 15.2. The largest absolute Gasteiger partial charge is 0.352 e. The summed E-state index contributed by atoms with van der Waals surface area (Å²) in [6, 6.07) is 16.3. The average molecular weight is 385 g/mol. The van der Waals surface area contributed by atoms with E-state index in [9.17, 15) is 9.59 Å². The number of hydrogen-bond acceptors (Lipinski definition) is 3. The van der Waals surface area contributed by atoms with Gasteiger partial charge in [0.15, 0.2) is 5.82 Å². The minimum atomic E-state index is -0.416. The van der Waals surface area contributed by atoms with E-state index in [1.807, 2.05) is 44.2 Å². The van der Waals surface area contributed by atoms with Gasteiger partial charge in [0.2, 0.25) is 5.91 Å². The maximum absolute atomic E-state index is 13.0. The molecule has 0 aliphatic rings. The lowest BCUT2D eigenvalue weighted by molar-refractivity contribution is -0.122. The number of rotatable bonds is 6. The highest BCUT2D eigenvalue weighted by atomic mass is 35.5. The van der Waals surface area contributed by atoms with Crippen LogP contribution in [0.5, 0.6) is 0 Å². The van der Waals surface area contributed by atoms with Crippen molar-refractivity contribution in [2.75, 3.05) is 0 Å². The number of hydrogen-bond donors (Lipinski definition) is 1. The maximum atomic E-state index is 13.0. The third-order valence-corrected chi connectivity index (χ3v) is 4.62. The summed E-state index contributed by atoms with van der Waals surface area (Å²) in [6.45, 7) is 3.80. The molecule has 0 saturated heterocycles. The standard InChI is InChI=1S/C20H21ClN4O2/c1-3-14(2)22-18(26)13-24-19(15-9-5-4-6-10-15)23-25(20(24)27)17-12-8-7-11-16(17)21/h4-12,14H,3,13H2,1-2H3,(H,22,26). The molecular weight excluding hydrogens is 364 g/mol. The Kier molecular flexibility index (Phi) is 5.76. The summed E-state index contributed by atoms with van der Waals surface area (Å²) in [5.41, 5.74) is 0.806. The number of halogens is 1. The predicted octanol–water partition coefficient (Wildman–Crippen LogP) is 3.27. The van der Waals surface area contributed by atoms with E-state index in [2.05, 4.69) is 10.4 Å². The van der Waals surface area contributed by atoms with Gasteiger partial charge in [-0.1, -0.05) is 61.0 Å². The first kappa shape index (κ1) is 18.9. The van der Waals surface area contributed by atoms with E-state index in [1.54, 1.807) is 24.3 Å². The third-order valence-electron chi connectivity index (χ3n) is 4.30. The Morgan fingerprint density at radius 2 is 1.81 bits per heavy atom. The molecule has 1 aromatic heterocycles. The third kappa shape index (κ3) is 4.11. The van der Waals surface area contributed by atoms with Crippen LogP contribution in [0.4, 0.5) is 0 Å². The van der Waals surface area contributed by atoms with Crippen molar-refractivity contribution >= 4 is 17.5 Å². The minimum absolute atomic E-state index is 0.0343. The fourth-order valence-corrected chi connectivity index (χ4v) is 2.90. The number of carbonyl (C=O) groups excluding carboxylic acids is 1. The van der Waals surface area contributed by atoms with Gasteiger partial charge >= 0.3 is 5.69 Å². The number of nitrogens with one attached hydrogen (secondary N) is 1. The number of carbonyl (C=O) groups is 1. The van der Waals surface area contributed by atoms with Crippen LogP contribution in [0.25, 0.3) is 17.1 Å². The van der Waals surface area contributed by atoms with E-state index in [0.717, 1.165) is 12.0 Å². The van der Waals surface area contributed by atoms with Gasteiger partial charge in [-0.05, 0) is 25.5 Å². The van der Waals surface area contributed by atoms with E-state index < -0.39 is 5.69 Å². The molecule has 1 amide bonds. The second-order valence-corrected chi connectivity index (χ2v) is 6.71. The molecule has 6 nitrogen and oxygen atoms in total. The van der Waals surface area contributed by atoms with Gasteiger partial charge in [0.25, 0.3) is 0 Å². The molecule has 0 saturated carbocycles. The van der Waals surface area contributed by atoms with Gasteiger partial charge in [-0.15, -0.1) is 5.10 Å². The molecule has 3 aromatic rings. The van der Waals surface area contributed by atoms with Gasteiger partial charge in [0.05, 0.1) is 10.7 Å². The Morgan fingerprint density at radius 1 is 1.15 bits per heavy atom. The maximum Gasteiger partial charge on any atom is 0.351 e. The topological polar surface area (TPSA) is 68.9 Å². The van der Waals surface area contributed by atoms with Gasteiger partial charge in [0, 0.05) is 11.6 Å². The van der Waals surface area contributed by atoms with Crippen LogP contribution < -0.4 is 11.0 Å². The fraction of sp³-hybridized carbons (Fsp3) is 0.250. The molecule has 0 radical (unpaired) electrons. The van der Waals surface area contributed by atoms with E-state index in [1.165, 1.54) is 9.25 Å². The van der Waals surface area contributed by atoms with E-state index in [-0.39, 0.29) is 18.5 Å². The van der Waals surface area contributed by atoms with Crippen molar-refractivity contribution in [2.45, 2.75) is 32.9 Å². The molecule has 3 rings (SSSR count). The van der Waals surface area contributed by atoms with Gasteiger partial charge in [0.1, 0.15) is 6.54 Å². The molecule has 1 heterocycles. The van der Waals surface area contributed by atoms with Crippen molar-refractivity contribution in [3.8, 4) is 17.1 Å². The molecule has 27 heavy (non-hydrogen) atoms.